The van der Waals surface area contributed by atoms with E-state index in [1.807, 2.05) is 31.2 Å². The fourth-order valence-electron chi connectivity index (χ4n) is 4.10. The van der Waals surface area contributed by atoms with Crippen LogP contribution in [0.2, 0.25) is 0 Å². The van der Waals surface area contributed by atoms with Crippen LogP contribution in [0, 0.1) is 5.82 Å². The number of rotatable bonds is 6. The van der Waals surface area contributed by atoms with E-state index in [9.17, 15) is 9.18 Å². The fraction of sp³-hybridized carbons (Fsp3) is 0.348. The summed E-state index contributed by atoms with van der Waals surface area (Å²) < 4.78 is 20.1. The van der Waals surface area contributed by atoms with Crippen LogP contribution in [0.15, 0.2) is 48.5 Å². The van der Waals surface area contributed by atoms with E-state index in [0.29, 0.717) is 31.9 Å². The topological polar surface area (TPSA) is 57.4 Å². The summed E-state index contributed by atoms with van der Waals surface area (Å²) in [4.78, 5) is 18.2. The number of para-hydroxylation sites is 1. The number of hydrogen-bond acceptors (Lipinski definition) is 2. The van der Waals surface area contributed by atoms with Crippen LogP contribution in [-0.4, -0.2) is 42.2 Å². The van der Waals surface area contributed by atoms with E-state index < -0.39 is 6.04 Å². The maximum absolute atomic E-state index is 14.8. The molecule has 1 aromatic heterocycles. The Morgan fingerprint density at radius 1 is 1.24 bits per heavy atom. The Bertz CT molecular complexity index is 1000. The van der Waals surface area contributed by atoms with Gasteiger partial charge in [0.15, 0.2) is 0 Å². The molecule has 152 valence electrons. The van der Waals surface area contributed by atoms with Gasteiger partial charge >= 0.3 is 6.03 Å². The minimum atomic E-state index is -0.487. The normalized spacial score (nSPS) is 16.1. The van der Waals surface area contributed by atoms with Crippen molar-refractivity contribution in [2.45, 2.75) is 25.8 Å². The SMILES string of the molecule is CCOCCCNC(=O)N1CCc2c([nH]c3ccccc23)C1c1ccccc1F. The van der Waals surface area contributed by atoms with E-state index >= 15 is 0 Å². The van der Waals surface area contributed by atoms with Gasteiger partial charge in [-0.15, -0.1) is 0 Å². The summed E-state index contributed by atoms with van der Waals surface area (Å²) in [6, 6.07) is 14.1. The maximum atomic E-state index is 14.8. The zero-order valence-corrected chi connectivity index (χ0v) is 16.6. The number of nitrogens with zero attached hydrogens (tertiary/aromatic N) is 1. The molecule has 2 heterocycles. The monoisotopic (exact) mass is 395 g/mol. The number of H-pyrrole nitrogens is 1. The average Bonchev–Trinajstić information content (AvgIpc) is 3.12. The molecule has 0 radical (unpaired) electrons. The van der Waals surface area contributed by atoms with Gasteiger partial charge in [0.1, 0.15) is 11.9 Å². The molecule has 29 heavy (non-hydrogen) atoms. The van der Waals surface area contributed by atoms with E-state index in [1.165, 1.54) is 6.07 Å². The molecule has 1 aliphatic rings. The highest BCUT2D eigenvalue weighted by Crippen LogP contribution is 2.39. The number of nitrogens with one attached hydrogen (secondary N) is 2. The van der Waals surface area contributed by atoms with Gasteiger partial charge in [0.05, 0.1) is 0 Å². The lowest BCUT2D eigenvalue weighted by Crippen LogP contribution is -2.46. The van der Waals surface area contributed by atoms with Crippen LogP contribution in [0.5, 0.6) is 0 Å². The Hall–Kier alpha value is -2.86. The van der Waals surface area contributed by atoms with Crippen molar-refractivity contribution in [2.75, 3.05) is 26.3 Å². The molecule has 0 aliphatic carbocycles. The fourth-order valence-corrected chi connectivity index (χ4v) is 4.10. The minimum Gasteiger partial charge on any atom is -0.382 e. The molecule has 3 aromatic rings. The molecule has 1 atom stereocenters. The van der Waals surface area contributed by atoms with Crippen molar-refractivity contribution in [3.63, 3.8) is 0 Å². The van der Waals surface area contributed by atoms with Crippen molar-refractivity contribution < 1.29 is 13.9 Å². The Labute approximate surface area is 169 Å². The van der Waals surface area contributed by atoms with Crippen molar-refractivity contribution in [1.29, 1.82) is 0 Å². The van der Waals surface area contributed by atoms with Gasteiger partial charge in [-0.05, 0) is 37.5 Å². The number of carbonyl (C=O) groups excluding carboxylic acids is 1. The first-order valence-corrected chi connectivity index (χ1v) is 10.2. The summed E-state index contributed by atoms with van der Waals surface area (Å²) in [5.74, 6) is -0.307. The van der Waals surface area contributed by atoms with Gasteiger partial charge in [0.2, 0.25) is 0 Å². The number of aromatic amines is 1. The van der Waals surface area contributed by atoms with Crippen LogP contribution in [-0.2, 0) is 11.2 Å². The van der Waals surface area contributed by atoms with Crippen molar-refractivity contribution in [3.05, 3.63) is 71.2 Å². The summed E-state index contributed by atoms with van der Waals surface area (Å²) in [6.45, 7) is 4.28. The number of aromatic nitrogens is 1. The largest absolute Gasteiger partial charge is 0.382 e. The second kappa shape index (κ2) is 8.66. The Kier molecular flexibility index (Phi) is 5.81. The van der Waals surface area contributed by atoms with Crippen LogP contribution < -0.4 is 5.32 Å². The van der Waals surface area contributed by atoms with Crippen LogP contribution >= 0.6 is 0 Å². The van der Waals surface area contributed by atoms with E-state index in [0.717, 1.165) is 35.0 Å². The maximum Gasteiger partial charge on any atom is 0.318 e. The second-order valence-electron chi connectivity index (χ2n) is 7.21. The predicted octanol–water partition coefficient (Wildman–Crippen LogP) is 4.39. The number of ether oxygens (including phenoxy) is 1. The molecular formula is C23H26FN3O2. The first-order chi connectivity index (χ1) is 14.2. The quantitative estimate of drug-likeness (QED) is 0.608. The number of benzene rings is 2. The Morgan fingerprint density at radius 3 is 2.86 bits per heavy atom. The summed E-state index contributed by atoms with van der Waals surface area (Å²) in [5, 5.41) is 4.11. The van der Waals surface area contributed by atoms with Crippen molar-refractivity contribution in [2.24, 2.45) is 0 Å². The van der Waals surface area contributed by atoms with Crippen LogP contribution in [0.4, 0.5) is 9.18 Å². The number of urea groups is 1. The molecule has 2 aromatic carbocycles. The van der Waals surface area contributed by atoms with Crippen molar-refractivity contribution in [3.8, 4) is 0 Å². The number of hydrogen-bond donors (Lipinski definition) is 2. The third kappa shape index (κ3) is 3.85. The third-order valence-electron chi connectivity index (χ3n) is 5.44. The van der Waals surface area contributed by atoms with Crippen LogP contribution in [0.3, 0.4) is 0 Å². The number of carbonyl (C=O) groups is 1. The molecule has 2 N–H and O–H groups in total. The van der Waals surface area contributed by atoms with Crippen LogP contribution in [0.1, 0.15) is 36.2 Å². The third-order valence-corrected chi connectivity index (χ3v) is 5.44. The van der Waals surface area contributed by atoms with Gasteiger partial charge in [-0.3, -0.25) is 0 Å². The lowest BCUT2D eigenvalue weighted by atomic mass is 9.92. The van der Waals surface area contributed by atoms with E-state index in [4.69, 9.17) is 4.74 Å². The first-order valence-electron chi connectivity index (χ1n) is 10.2. The van der Waals surface area contributed by atoms with Gasteiger partial charge in [0.25, 0.3) is 0 Å². The predicted molar refractivity (Wildman–Crippen MR) is 111 cm³/mol. The first kappa shape index (κ1) is 19.5. The number of halogens is 1. The highest BCUT2D eigenvalue weighted by Gasteiger charge is 2.35. The summed E-state index contributed by atoms with van der Waals surface area (Å²) in [7, 11) is 0. The highest BCUT2D eigenvalue weighted by atomic mass is 19.1. The highest BCUT2D eigenvalue weighted by molar-refractivity contribution is 5.86. The molecule has 0 spiro atoms. The molecule has 6 heteroatoms. The van der Waals surface area contributed by atoms with Crippen molar-refractivity contribution in [1.82, 2.24) is 15.2 Å². The molecule has 2 amide bonds. The Balaban J connectivity index is 1.66. The standard InChI is InChI=1S/C23H26FN3O2/c1-2-29-15-7-13-25-23(28)27-14-12-17-16-8-4-6-11-20(16)26-21(17)22(27)18-9-3-5-10-19(18)24/h3-6,8-11,22,26H,2,7,12-15H2,1H3,(H,25,28). The summed E-state index contributed by atoms with van der Waals surface area (Å²) >= 11 is 0. The van der Waals surface area contributed by atoms with Gasteiger partial charge in [-0.25, -0.2) is 9.18 Å². The Morgan fingerprint density at radius 2 is 2.03 bits per heavy atom. The van der Waals surface area contributed by atoms with Gasteiger partial charge < -0.3 is 19.9 Å². The molecule has 5 nitrogen and oxygen atoms in total. The van der Waals surface area contributed by atoms with Gasteiger partial charge in [-0.2, -0.15) is 0 Å². The molecule has 4 rings (SSSR count). The lowest BCUT2D eigenvalue weighted by Gasteiger charge is -2.36. The molecule has 0 saturated heterocycles. The van der Waals surface area contributed by atoms with Crippen molar-refractivity contribution >= 4 is 16.9 Å². The minimum absolute atomic E-state index is 0.181. The summed E-state index contributed by atoms with van der Waals surface area (Å²) in [5.41, 5.74) is 3.57. The van der Waals surface area contributed by atoms with Crippen LogP contribution in [0.25, 0.3) is 10.9 Å². The lowest BCUT2D eigenvalue weighted by molar-refractivity contribution is 0.143. The van der Waals surface area contributed by atoms with E-state index in [2.05, 4.69) is 16.4 Å². The smallest absolute Gasteiger partial charge is 0.318 e. The molecule has 0 fully saturated rings. The second-order valence-corrected chi connectivity index (χ2v) is 7.21. The molecule has 0 saturated carbocycles. The summed E-state index contributed by atoms with van der Waals surface area (Å²) in [6.07, 6.45) is 1.48. The zero-order chi connectivity index (χ0) is 20.2. The number of fused-ring (bicyclic) bond motifs is 3. The zero-order valence-electron chi connectivity index (χ0n) is 16.6. The molecular weight excluding hydrogens is 369 g/mol. The van der Waals surface area contributed by atoms with Gasteiger partial charge in [-0.1, -0.05) is 36.4 Å². The van der Waals surface area contributed by atoms with Gasteiger partial charge in [0, 0.05) is 48.5 Å². The average molecular weight is 395 g/mol. The molecule has 1 aliphatic heterocycles. The molecule has 1 unspecified atom stereocenters. The molecule has 0 bridgehead atoms. The number of amides is 2. The van der Waals surface area contributed by atoms with E-state index in [-0.39, 0.29) is 11.8 Å². The van der Waals surface area contributed by atoms with E-state index in [1.54, 1.807) is 17.0 Å².